The molecule has 0 saturated carbocycles. The van der Waals surface area contributed by atoms with E-state index in [2.05, 4.69) is 11.9 Å². The average Bonchev–Trinajstić information content (AvgIpc) is 2.50. The molecular weight excluding hydrogens is 278 g/mol. The summed E-state index contributed by atoms with van der Waals surface area (Å²) in [6.07, 6.45) is 2.13. The SMILES string of the molecule is CCCCOCCOC(=O)c1cc2cc(C)ccc2nc1C. The number of benzene rings is 1. The number of rotatable bonds is 7. The predicted octanol–water partition coefficient (Wildman–Crippen LogP) is 3.83. The van der Waals surface area contributed by atoms with Crippen LogP contribution in [0.3, 0.4) is 0 Å². The van der Waals surface area contributed by atoms with E-state index in [9.17, 15) is 4.79 Å². The van der Waals surface area contributed by atoms with Gasteiger partial charge in [0.25, 0.3) is 0 Å². The van der Waals surface area contributed by atoms with Crippen LogP contribution >= 0.6 is 0 Å². The molecule has 0 amide bonds. The Bertz CT molecular complexity index is 652. The van der Waals surface area contributed by atoms with Crippen LogP contribution in [-0.2, 0) is 9.47 Å². The number of nitrogens with zero attached hydrogens (tertiary/aromatic N) is 1. The van der Waals surface area contributed by atoms with Crippen molar-refractivity contribution < 1.29 is 14.3 Å². The summed E-state index contributed by atoms with van der Waals surface area (Å²) < 4.78 is 10.6. The van der Waals surface area contributed by atoms with Gasteiger partial charge in [-0.05, 0) is 38.5 Å². The summed E-state index contributed by atoms with van der Waals surface area (Å²) in [5.41, 5.74) is 3.24. The largest absolute Gasteiger partial charge is 0.460 e. The van der Waals surface area contributed by atoms with Crippen molar-refractivity contribution in [3.8, 4) is 0 Å². The monoisotopic (exact) mass is 301 g/mol. The summed E-state index contributed by atoms with van der Waals surface area (Å²) in [6.45, 7) is 7.38. The lowest BCUT2D eigenvalue weighted by atomic mass is 10.1. The van der Waals surface area contributed by atoms with Crippen LogP contribution < -0.4 is 0 Å². The van der Waals surface area contributed by atoms with E-state index in [0.717, 1.165) is 29.3 Å². The minimum atomic E-state index is -0.340. The normalized spacial score (nSPS) is 10.9. The molecule has 0 radical (unpaired) electrons. The van der Waals surface area contributed by atoms with Crippen LogP contribution in [0.4, 0.5) is 0 Å². The summed E-state index contributed by atoms with van der Waals surface area (Å²) in [4.78, 5) is 16.6. The topological polar surface area (TPSA) is 48.4 Å². The van der Waals surface area contributed by atoms with Gasteiger partial charge in [0.15, 0.2) is 0 Å². The van der Waals surface area contributed by atoms with Gasteiger partial charge in [-0.15, -0.1) is 0 Å². The molecule has 0 fully saturated rings. The summed E-state index contributed by atoms with van der Waals surface area (Å²) in [7, 11) is 0. The molecule has 0 aliphatic heterocycles. The fourth-order valence-corrected chi connectivity index (χ4v) is 2.22. The van der Waals surface area contributed by atoms with Gasteiger partial charge in [0.2, 0.25) is 0 Å². The fraction of sp³-hybridized carbons (Fsp3) is 0.444. The minimum absolute atomic E-state index is 0.272. The Balaban J connectivity index is 2.00. The number of hydrogen-bond acceptors (Lipinski definition) is 4. The van der Waals surface area contributed by atoms with Gasteiger partial charge in [0.05, 0.1) is 23.4 Å². The molecular formula is C18H23NO3. The van der Waals surface area contributed by atoms with E-state index in [1.54, 1.807) is 0 Å². The lowest BCUT2D eigenvalue weighted by molar-refractivity contribution is 0.0313. The van der Waals surface area contributed by atoms with Crippen molar-refractivity contribution in [3.05, 3.63) is 41.1 Å². The van der Waals surface area contributed by atoms with Gasteiger partial charge >= 0.3 is 5.97 Å². The highest BCUT2D eigenvalue weighted by molar-refractivity contribution is 5.95. The van der Waals surface area contributed by atoms with E-state index < -0.39 is 0 Å². The lowest BCUT2D eigenvalue weighted by Gasteiger charge is -2.09. The number of ether oxygens (including phenoxy) is 2. The first kappa shape index (κ1) is 16.4. The number of carbonyl (C=O) groups excluding carboxylic acids is 1. The molecule has 22 heavy (non-hydrogen) atoms. The number of fused-ring (bicyclic) bond motifs is 1. The molecule has 2 aromatic rings. The van der Waals surface area contributed by atoms with E-state index in [1.165, 1.54) is 0 Å². The van der Waals surface area contributed by atoms with Crippen LogP contribution in [0.1, 0.15) is 41.4 Å². The predicted molar refractivity (Wildman–Crippen MR) is 87.2 cm³/mol. The van der Waals surface area contributed by atoms with Crippen LogP contribution in [0.25, 0.3) is 10.9 Å². The van der Waals surface area contributed by atoms with E-state index in [1.807, 2.05) is 38.1 Å². The number of aromatic nitrogens is 1. The average molecular weight is 301 g/mol. The van der Waals surface area contributed by atoms with Crippen LogP contribution in [0.2, 0.25) is 0 Å². The first-order valence-electron chi connectivity index (χ1n) is 7.74. The second kappa shape index (κ2) is 7.90. The molecule has 0 aliphatic carbocycles. The Morgan fingerprint density at radius 3 is 2.73 bits per heavy atom. The van der Waals surface area contributed by atoms with Crippen molar-refractivity contribution in [2.75, 3.05) is 19.8 Å². The van der Waals surface area contributed by atoms with Crippen molar-refractivity contribution in [1.82, 2.24) is 4.98 Å². The molecule has 2 rings (SSSR count). The number of aryl methyl sites for hydroxylation is 2. The molecule has 0 saturated heterocycles. The van der Waals surface area contributed by atoms with E-state index in [4.69, 9.17) is 9.47 Å². The van der Waals surface area contributed by atoms with Gasteiger partial charge in [0.1, 0.15) is 6.61 Å². The maximum absolute atomic E-state index is 12.2. The van der Waals surface area contributed by atoms with Crippen molar-refractivity contribution in [1.29, 1.82) is 0 Å². The number of carbonyl (C=O) groups is 1. The zero-order valence-electron chi connectivity index (χ0n) is 13.5. The third kappa shape index (κ3) is 4.28. The molecule has 1 aromatic carbocycles. The fourth-order valence-electron chi connectivity index (χ4n) is 2.22. The zero-order valence-corrected chi connectivity index (χ0v) is 13.5. The van der Waals surface area contributed by atoms with Gasteiger partial charge < -0.3 is 9.47 Å². The van der Waals surface area contributed by atoms with Crippen molar-refractivity contribution in [2.45, 2.75) is 33.6 Å². The van der Waals surface area contributed by atoms with Crippen molar-refractivity contribution >= 4 is 16.9 Å². The second-order valence-electron chi connectivity index (χ2n) is 5.42. The van der Waals surface area contributed by atoms with Gasteiger partial charge in [-0.25, -0.2) is 4.79 Å². The molecule has 0 N–H and O–H groups in total. The highest BCUT2D eigenvalue weighted by Gasteiger charge is 2.13. The first-order valence-corrected chi connectivity index (χ1v) is 7.74. The summed E-state index contributed by atoms with van der Waals surface area (Å²) in [5.74, 6) is -0.340. The lowest BCUT2D eigenvalue weighted by Crippen LogP contribution is -2.13. The summed E-state index contributed by atoms with van der Waals surface area (Å²) in [6, 6.07) is 7.85. The summed E-state index contributed by atoms with van der Waals surface area (Å²) in [5, 5.41) is 0.955. The maximum Gasteiger partial charge on any atom is 0.340 e. The Morgan fingerprint density at radius 1 is 1.14 bits per heavy atom. The molecule has 1 aromatic heterocycles. The number of hydrogen-bond donors (Lipinski definition) is 0. The second-order valence-corrected chi connectivity index (χ2v) is 5.42. The molecule has 0 bridgehead atoms. The third-order valence-electron chi connectivity index (χ3n) is 3.48. The highest BCUT2D eigenvalue weighted by atomic mass is 16.6. The Kier molecular flexibility index (Phi) is 5.90. The van der Waals surface area contributed by atoms with Crippen LogP contribution in [0, 0.1) is 13.8 Å². The van der Waals surface area contributed by atoms with Gasteiger partial charge in [-0.3, -0.25) is 4.98 Å². The Hall–Kier alpha value is -1.94. The number of unbranched alkanes of at least 4 members (excludes halogenated alkanes) is 1. The zero-order chi connectivity index (χ0) is 15.9. The van der Waals surface area contributed by atoms with E-state index in [0.29, 0.717) is 24.5 Å². The number of pyridine rings is 1. The molecule has 118 valence electrons. The molecule has 4 heteroatoms. The molecule has 0 spiro atoms. The van der Waals surface area contributed by atoms with E-state index in [-0.39, 0.29) is 12.6 Å². The highest BCUT2D eigenvalue weighted by Crippen LogP contribution is 2.18. The molecule has 0 aliphatic rings. The van der Waals surface area contributed by atoms with E-state index >= 15 is 0 Å². The minimum Gasteiger partial charge on any atom is -0.460 e. The number of esters is 1. The maximum atomic E-state index is 12.2. The van der Waals surface area contributed by atoms with Crippen molar-refractivity contribution in [2.24, 2.45) is 0 Å². The molecule has 0 unspecified atom stereocenters. The van der Waals surface area contributed by atoms with Gasteiger partial charge in [-0.1, -0.05) is 25.0 Å². The summed E-state index contributed by atoms with van der Waals surface area (Å²) >= 11 is 0. The quantitative estimate of drug-likeness (QED) is 0.576. The van der Waals surface area contributed by atoms with Crippen LogP contribution in [-0.4, -0.2) is 30.8 Å². The Morgan fingerprint density at radius 2 is 1.95 bits per heavy atom. The van der Waals surface area contributed by atoms with Gasteiger partial charge in [0, 0.05) is 12.0 Å². The smallest absolute Gasteiger partial charge is 0.340 e. The molecule has 4 nitrogen and oxygen atoms in total. The molecule has 1 heterocycles. The van der Waals surface area contributed by atoms with Gasteiger partial charge in [-0.2, -0.15) is 0 Å². The first-order chi connectivity index (χ1) is 10.6. The third-order valence-corrected chi connectivity index (χ3v) is 3.48. The molecule has 0 atom stereocenters. The van der Waals surface area contributed by atoms with Crippen LogP contribution in [0.15, 0.2) is 24.3 Å². The van der Waals surface area contributed by atoms with Crippen LogP contribution in [0.5, 0.6) is 0 Å². The van der Waals surface area contributed by atoms with Crippen molar-refractivity contribution in [3.63, 3.8) is 0 Å². The Labute approximate surface area is 131 Å². The standard InChI is InChI=1S/C18H23NO3/c1-4-5-8-21-9-10-22-18(20)16-12-15-11-13(2)6-7-17(15)19-14(16)3/h6-7,11-12H,4-5,8-10H2,1-3H3.